The van der Waals surface area contributed by atoms with Gasteiger partial charge in [-0.05, 0) is 54.4 Å². The van der Waals surface area contributed by atoms with Crippen LogP contribution in [0.15, 0.2) is 16.6 Å². The molecule has 0 aliphatic rings. The molecule has 0 fully saturated rings. The number of H-pyrrole nitrogens is 1. The van der Waals surface area contributed by atoms with Crippen LogP contribution in [0.25, 0.3) is 10.9 Å². The molecule has 0 saturated heterocycles. The molecule has 0 atom stereocenters. The molecule has 0 spiro atoms. The molecule has 1 aromatic carbocycles. The van der Waals surface area contributed by atoms with Crippen molar-refractivity contribution in [2.24, 2.45) is 5.73 Å². The van der Waals surface area contributed by atoms with E-state index in [1.165, 1.54) is 0 Å². The van der Waals surface area contributed by atoms with E-state index in [0.29, 0.717) is 0 Å². The summed E-state index contributed by atoms with van der Waals surface area (Å²) in [5.74, 6) is 0.857. The van der Waals surface area contributed by atoms with Crippen molar-refractivity contribution in [3.05, 3.63) is 27.9 Å². The van der Waals surface area contributed by atoms with Gasteiger partial charge in [-0.3, -0.25) is 0 Å². The van der Waals surface area contributed by atoms with E-state index in [4.69, 9.17) is 10.5 Å². The van der Waals surface area contributed by atoms with Crippen LogP contribution in [0, 0.1) is 6.92 Å². The summed E-state index contributed by atoms with van der Waals surface area (Å²) in [5.41, 5.74) is 9.00. The monoisotopic (exact) mass is 296 g/mol. The number of aryl methyl sites for hydroxylation is 1. The fourth-order valence-electron chi connectivity index (χ4n) is 1.97. The normalized spacial score (nSPS) is 12.1. The maximum Gasteiger partial charge on any atom is 0.119 e. The molecule has 2 rings (SSSR count). The second kappa shape index (κ2) is 4.03. The number of rotatable bonds is 2. The van der Waals surface area contributed by atoms with Gasteiger partial charge >= 0.3 is 0 Å². The first kappa shape index (κ1) is 12.5. The van der Waals surface area contributed by atoms with Gasteiger partial charge in [0.1, 0.15) is 5.75 Å². The van der Waals surface area contributed by atoms with Gasteiger partial charge in [-0.2, -0.15) is 0 Å². The molecule has 92 valence electrons. The lowest BCUT2D eigenvalue weighted by molar-refractivity contribution is 0.415. The number of hydrogen-bond acceptors (Lipinski definition) is 2. The van der Waals surface area contributed by atoms with Crippen LogP contribution in [-0.4, -0.2) is 12.1 Å². The number of ether oxygens (including phenoxy) is 1. The Morgan fingerprint density at radius 3 is 2.53 bits per heavy atom. The van der Waals surface area contributed by atoms with Gasteiger partial charge < -0.3 is 15.5 Å². The summed E-state index contributed by atoms with van der Waals surface area (Å²) in [6.07, 6.45) is 0. The summed E-state index contributed by atoms with van der Waals surface area (Å²) in [6, 6.07) is 4.02. The fourth-order valence-corrected chi connectivity index (χ4v) is 2.89. The third-order valence-corrected chi connectivity index (χ3v) is 3.72. The summed E-state index contributed by atoms with van der Waals surface area (Å²) in [5, 5.41) is 1.11. The van der Waals surface area contributed by atoms with Gasteiger partial charge in [0.2, 0.25) is 0 Å². The Morgan fingerprint density at radius 1 is 1.35 bits per heavy atom. The third kappa shape index (κ3) is 2.07. The Kier molecular flexibility index (Phi) is 2.96. The SMILES string of the molecule is COc1cc(C)c2[nH]c(C(C)(C)N)c(Br)c2c1. The van der Waals surface area contributed by atoms with Crippen molar-refractivity contribution in [3.63, 3.8) is 0 Å². The lowest BCUT2D eigenvalue weighted by atomic mass is 10.0. The molecule has 4 heteroatoms. The molecule has 3 nitrogen and oxygen atoms in total. The standard InChI is InChI=1S/C13H17BrN2O/c1-7-5-8(17-4)6-9-10(14)12(13(2,3)15)16-11(7)9/h5-6,16H,15H2,1-4H3. The summed E-state index contributed by atoms with van der Waals surface area (Å²) in [4.78, 5) is 3.40. The van der Waals surface area contributed by atoms with Crippen molar-refractivity contribution in [2.45, 2.75) is 26.3 Å². The van der Waals surface area contributed by atoms with Gasteiger partial charge in [-0.25, -0.2) is 0 Å². The van der Waals surface area contributed by atoms with Gasteiger partial charge in [-0.15, -0.1) is 0 Å². The van der Waals surface area contributed by atoms with E-state index in [-0.39, 0.29) is 0 Å². The average molecular weight is 297 g/mol. The molecule has 1 aromatic heterocycles. The van der Waals surface area contributed by atoms with Crippen LogP contribution >= 0.6 is 15.9 Å². The van der Waals surface area contributed by atoms with Gasteiger partial charge in [0.05, 0.1) is 18.2 Å². The van der Waals surface area contributed by atoms with Gasteiger partial charge in [0.25, 0.3) is 0 Å². The highest BCUT2D eigenvalue weighted by molar-refractivity contribution is 9.10. The van der Waals surface area contributed by atoms with Crippen molar-refractivity contribution >= 4 is 26.8 Å². The van der Waals surface area contributed by atoms with Crippen LogP contribution in [0.4, 0.5) is 0 Å². The molecular weight excluding hydrogens is 280 g/mol. The van der Waals surface area contributed by atoms with E-state index in [1.54, 1.807) is 7.11 Å². The minimum absolute atomic E-state index is 0.405. The van der Waals surface area contributed by atoms with Crippen LogP contribution < -0.4 is 10.5 Å². The van der Waals surface area contributed by atoms with Crippen LogP contribution in [-0.2, 0) is 5.54 Å². The summed E-state index contributed by atoms with van der Waals surface area (Å²) in [6.45, 7) is 6.02. The number of nitrogens with one attached hydrogen (secondary N) is 1. The second-order valence-corrected chi connectivity index (χ2v) is 5.70. The van der Waals surface area contributed by atoms with E-state index in [2.05, 4.69) is 27.8 Å². The predicted octanol–water partition coefficient (Wildman–Crippen LogP) is 3.44. The molecule has 0 amide bonds. The Hall–Kier alpha value is -1.00. The number of aromatic nitrogens is 1. The number of fused-ring (bicyclic) bond motifs is 1. The summed E-state index contributed by atoms with van der Waals surface area (Å²) >= 11 is 3.62. The fraction of sp³-hybridized carbons (Fsp3) is 0.385. The van der Waals surface area contributed by atoms with E-state index >= 15 is 0 Å². The first-order chi connectivity index (χ1) is 7.84. The molecule has 0 aliphatic heterocycles. The van der Waals surface area contributed by atoms with Crippen molar-refractivity contribution < 1.29 is 4.74 Å². The highest BCUT2D eigenvalue weighted by atomic mass is 79.9. The quantitative estimate of drug-likeness (QED) is 0.892. The predicted molar refractivity (Wildman–Crippen MR) is 74.5 cm³/mol. The second-order valence-electron chi connectivity index (χ2n) is 4.90. The van der Waals surface area contributed by atoms with Crippen LogP contribution in [0.3, 0.4) is 0 Å². The number of hydrogen-bond donors (Lipinski definition) is 2. The van der Waals surface area contributed by atoms with Crippen LogP contribution in [0.2, 0.25) is 0 Å². The zero-order valence-corrected chi connectivity index (χ0v) is 12.1. The molecule has 0 radical (unpaired) electrons. The van der Waals surface area contributed by atoms with Crippen molar-refractivity contribution in [2.75, 3.05) is 7.11 Å². The molecular formula is C13H17BrN2O. The molecule has 0 saturated carbocycles. The number of aromatic amines is 1. The first-order valence-corrected chi connectivity index (χ1v) is 6.29. The lowest BCUT2D eigenvalue weighted by Crippen LogP contribution is -2.29. The molecule has 1 heterocycles. The molecule has 0 aliphatic carbocycles. The highest BCUT2D eigenvalue weighted by Crippen LogP contribution is 2.36. The van der Waals surface area contributed by atoms with Crippen molar-refractivity contribution in [1.29, 1.82) is 0 Å². The number of methoxy groups -OCH3 is 1. The maximum atomic E-state index is 6.15. The summed E-state index contributed by atoms with van der Waals surface area (Å²) in [7, 11) is 1.68. The Labute approximate surface area is 109 Å². The van der Waals surface area contributed by atoms with E-state index in [1.807, 2.05) is 26.0 Å². The molecule has 0 bridgehead atoms. The molecule has 17 heavy (non-hydrogen) atoms. The Morgan fingerprint density at radius 2 is 2.00 bits per heavy atom. The van der Waals surface area contributed by atoms with Crippen LogP contribution in [0.1, 0.15) is 25.1 Å². The summed E-state index contributed by atoms with van der Waals surface area (Å²) < 4.78 is 6.30. The number of nitrogens with two attached hydrogens (primary N) is 1. The minimum atomic E-state index is -0.405. The lowest BCUT2D eigenvalue weighted by Gasteiger charge is -2.17. The minimum Gasteiger partial charge on any atom is -0.497 e. The number of halogens is 1. The zero-order chi connectivity index (χ0) is 12.8. The smallest absolute Gasteiger partial charge is 0.119 e. The van der Waals surface area contributed by atoms with Gasteiger partial charge in [-0.1, -0.05) is 0 Å². The van der Waals surface area contributed by atoms with E-state index < -0.39 is 5.54 Å². The molecule has 2 aromatic rings. The van der Waals surface area contributed by atoms with Crippen molar-refractivity contribution in [1.82, 2.24) is 4.98 Å². The Balaban J connectivity index is 2.78. The third-order valence-electron chi connectivity index (χ3n) is 2.90. The van der Waals surface area contributed by atoms with Crippen LogP contribution in [0.5, 0.6) is 5.75 Å². The van der Waals surface area contributed by atoms with Crippen molar-refractivity contribution in [3.8, 4) is 5.75 Å². The highest BCUT2D eigenvalue weighted by Gasteiger charge is 2.22. The average Bonchev–Trinajstić information content (AvgIpc) is 2.56. The van der Waals surface area contributed by atoms with Gasteiger partial charge in [0.15, 0.2) is 0 Å². The molecule has 0 unspecified atom stereocenters. The molecule has 3 N–H and O–H groups in total. The Bertz CT molecular complexity index is 567. The topological polar surface area (TPSA) is 51.0 Å². The van der Waals surface area contributed by atoms with Gasteiger partial charge in [0, 0.05) is 15.6 Å². The number of benzene rings is 1. The van der Waals surface area contributed by atoms with E-state index in [9.17, 15) is 0 Å². The largest absolute Gasteiger partial charge is 0.497 e. The first-order valence-electron chi connectivity index (χ1n) is 5.49. The van der Waals surface area contributed by atoms with E-state index in [0.717, 1.165) is 32.4 Å². The maximum absolute atomic E-state index is 6.15. The zero-order valence-electron chi connectivity index (χ0n) is 10.5.